The number of hydrogen-bond donors (Lipinski definition) is 2. The molecule has 1 unspecified atom stereocenters. The van der Waals surface area contributed by atoms with E-state index in [2.05, 4.69) is 13.5 Å². The Labute approximate surface area is 233 Å². The van der Waals surface area contributed by atoms with Crippen molar-refractivity contribution in [1.29, 1.82) is 0 Å². The van der Waals surface area contributed by atoms with Crippen molar-refractivity contribution in [3.05, 3.63) is 77.9 Å². The Hall–Kier alpha value is -3.54. The molecule has 0 radical (unpaired) electrons. The van der Waals surface area contributed by atoms with E-state index in [1.165, 1.54) is 18.9 Å². The third-order valence-corrected chi connectivity index (χ3v) is 7.45. The Morgan fingerprint density at radius 1 is 1.03 bits per heavy atom. The van der Waals surface area contributed by atoms with Gasteiger partial charge in [-0.1, -0.05) is 44.4 Å². The van der Waals surface area contributed by atoms with Crippen LogP contribution in [-0.2, 0) is 14.3 Å². The first-order valence-corrected chi connectivity index (χ1v) is 14.3. The van der Waals surface area contributed by atoms with E-state index in [-0.39, 0.29) is 24.6 Å². The lowest BCUT2D eigenvalue weighted by atomic mass is 9.84. The molecule has 1 atom stereocenters. The van der Waals surface area contributed by atoms with E-state index in [4.69, 9.17) is 20.9 Å². The average molecular weight is 533 g/mol. The van der Waals surface area contributed by atoms with Crippen molar-refractivity contribution in [2.75, 3.05) is 18.1 Å². The fraction of sp³-hybridized carbons (Fsp3) is 0.455. The van der Waals surface area contributed by atoms with Crippen LogP contribution in [-0.4, -0.2) is 24.6 Å². The number of unbranched alkanes of at least 4 members (excludes halogenated alkanes) is 2. The molecule has 0 aliphatic heterocycles. The van der Waals surface area contributed by atoms with E-state index in [0.29, 0.717) is 16.9 Å². The molecule has 0 bridgehead atoms. The molecule has 1 fully saturated rings. The largest absolute Gasteiger partial charge is 0.462 e. The summed E-state index contributed by atoms with van der Waals surface area (Å²) in [5.74, 6) is 0.0545. The van der Waals surface area contributed by atoms with Crippen LogP contribution in [0.4, 0.5) is 11.4 Å². The number of carbonyl (C=O) groups excluding carboxylic acids is 2. The normalized spacial score (nSPS) is 18.0. The first kappa shape index (κ1) is 30.0. The number of nitrogens with two attached hydrogens (primary N) is 2. The van der Waals surface area contributed by atoms with E-state index >= 15 is 0 Å². The molecule has 0 aromatic heterocycles. The summed E-state index contributed by atoms with van der Waals surface area (Å²) < 4.78 is 11.3. The highest BCUT2D eigenvalue weighted by molar-refractivity contribution is 5.90. The fourth-order valence-corrected chi connectivity index (χ4v) is 5.17. The van der Waals surface area contributed by atoms with Crippen LogP contribution < -0.4 is 11.5 Å². The Morgan fingerprint density at radius 2 is 1.72 bits per heavy atom. The van der Waals surface area contributed by atoms with Crippen molar-refractivity contribution in [1.82, 2.24) is 0 Å². The standard InChI is InChI=1S/C33H44N2O4/c1-3-5-7-8-24-12-17-31(18-13-24)39-33(37)26-15-10-25(11-16-26)14-19-32(36)38-23-27(9-6-4-2)28-20-29(34)22-30(35)21-28/h3,10-11,14-16,19-22,24,27,31H,1,4-9,12-13,17-18,23,34-35H2,2H3. The molecule has 0 heterocycles. The molecule has 210 valence electrons. The highest BCUT2D eigenvalue weighted by Gasteiger charge is 2.24. The lowest BCUT2D eigenvalue weighted by Gasteiger charge is -2.28. The van der Waals surface area contributed by atoms with Crippen LogP contribution in [0.5, 0.6) is 0 Å². The predicted octanol–water partition coefficient (Wildman–Crippen LogP) is 7.45. The average Bonchev–Trinajstić information content (AvgIpc) is 2.92. The van der Waals surface area contributed by atoms with Crippen LogP contribution in [0.2, 0.25) is 0 Å². The minimum absolute atomic E-state index is 0.00702. The Morgan fingerprint density at radius 3 is 2.36 bits per heavy atom. The van der Waals surface area contributed by atoms with Crippen LogP contribution >= 0.6 is 0 Å². The number of anilines is 2. The molecule has 2 aromatic carbocycles. The molecule has 0 amide bonds. The van der Waals surface area contributed by atoms with Crippen LogP contribution in [0.1, 0.15) is 98.5 Å². The van der Waals surface area contributed by atoms with Crippen LogP contribution in [0.15, 0.2) is 61.2 Å². The topological polar surface area (TPSA) is 105 Å². The van der Waals surface area contributed by atoms with Gasteiger partial charge in [-0.05, 0) is 98.4 Å². The van der Waals surface area contributed by atoms with Gasteiger partial charge >= 0.3 is 11.9 Å². The van der Waals surface area contributed by atoms with E-state index in [9.17, 15) is 9.59 Å². The van der Waals surface area contributed by atoms with Crippen molar-refractivity contribution in [3.63, 3.8) is 0 Å². The second kappa shape index (κ2) is 15.8. The van der Waals surface area contributed by atoms with Gasteiger partial charge < -0.3 is 20.9 Å². The number of hydrogen-bond acceptors (Lipinski definition) is 6. The second-order valence-corrected chi connectivity index (χ2v) is 10.6. The third-order valence-electron chi connectivity index (χ3n) is 7.45. The number of esters is 2. The molecule has 1 aliphatic rings. The highest BCUT2D eigenvalue weighted by Crippen LogP contribution is 2.30. The van der Waals surface area contributed by atoms with Gasteiger partial charge in [-0.3, -0.25) is 0 Å². The van der Waals surface area contributed by atoms with Crippen LogP contribution in [0, 0.1) is 5.92 Å². The summed E-state index contributed by atoms with van der Waals surface area (Å²) in [5.41, 5.74) is 15.4. The summed E-state index contributed by atoms with van der Waals surface area (Å²) in [6.07, 6.45) is 15.6. The number of rotatable bonds is 14. The SMILES string of the molecule is C=CCCCC1CCC(OC(=O)c2ccc(C=CC(=O)OCC(CCCC)c3cc(N)cc(N)c3)cc2)CC1. The van der Waals surface area contributed by atoms with Gasteiger partial charge in [0.15, 0.2) is 0 Å². The van der Waals surface area contributed by atoms with Gasteiger partial charge in [-0.25, -0.2) is 9.59 Å². The van der Waals surface area contributed by atoms with Gasteiger partial charge in [0.05, 0.1) is 12.2 Å². The van der Waals surface area contributed by atoms with E-state index < -0.39 is 5.97 Å². The van der Waals surface area contributed by atoms with Crippen molar-refractivity contribution in [3.8, 4) is 0 Å². The third kappa shape index (κ3) is 10.3. The smallest absolute Gasteiger partial charge is 0.338 e. The Kier molecular flexibility index (Phi) is 12.1. The van der Waals surface area contributed by atoms with Crippen molar-refractivity contribution in [2.45, 2.75) is 83.2 Å². The van der Waals surface area contributed by atoms with Gasteiger partial charge in [0.25, 0.3) is 0 Å². The quantitative estimate of drug-likeness (QED) is 0.0860. The lowest BCUT2D eigenvalue weighted by molar-refractivity contribution is -0.138. The number of allylic oxidation sites excluding steroid dienone is 1. The molecule has 39 heavy (non-hydrogen) atoms. The summed E-state index contributed by atoms with van der Waals surface area (Å²) >= 11 is 0. The van der Waals surface area contributed by atoms with Crippen LogP contribution in [0.3, 0.4) is 0 Å². The van der Waals surface area contributed by atoms with Crippen LogP contribution in [0.25, 0.3) is 6.08 Å². The number of benzene rings is 2. The van der Waals surface area contributed by atoms with Crippen molar-refractivity contribution in [2.24, 2.45) is 5.92 Å². The first-order valence-electron chi connectivity index (χ1n) is 14.3. The zero-order valence-electron chi connectivity index (χ0n) is 23.3. The summed E-state index contributed by atoms with van der Waals surface area (Å²) in [6.45, 7) is 6.17. The maximum absolute atomic E-state index is 12.6. The van der Waals surface area contributed by atoms with Crippen molar-refractivity contribution < 1.29 is 19.1 Å². The number of nitrogen functional groups attached to an aromatic ring is 2. The van der Waals surface area contributed by atoms with E-state index in [1.807, 2.05) is 18.2 Å². The zero-order valence-corrected chi connectivity index (χ0v) is 23.3. The van der Waals surface area contributed by atoms with Gasteiger partial charge in [-0.2, -0.15) is 0 Å². The summed E-state index contributed by atoms with van der Waals surface area (Å²) in [6, 6.07) is 12.6. The first-order chi connectivity index (χ1) is 18.9. The second-order valence-electron chi connectivity index (χ2n) is 10.6. The van der Waals surface area contributed by atoms with Crippen molar-refractivity contribution >= 4 is 29.4 Å². The lowest BCUT2D eigenvalue weighted by Crippen LogP contribution is -2.24. The maximum atomic E-state index is 12.6. The molecule has 4 N–H and O–H groups in total. The minimum atomic E-state index is -0.419. The molecule has 6 heteroatoms. The monoisotopic (exact) mass is 532 g/mol. The Balaban J connectivity index is 1.46. The highest BCUT2D eigenvalue weighted by atomic mass is 16.5. The predicted molar refractivity (Wildman–Crippen MR) is 159 cm³/mol. The molecule has 6 nitrogen and oxygen atoms in total. The zero-order chi connectivity index (χ0) is 28.0. The van der Waals surface area contributed by atoms with Gasteiger partial charge in [0.1, 0.15) is 6.10 Å². The number of ether oxygens (including phenoxy) is 2. The van der Waals surface area contributed by atoms with E-state index in [0.717, 1.165) is 68.4 Å². The molecule has 0 spiro atoms. The molecule has 2 aromatic rings. The molecular formula is C33H44N2O4. The molecule has 1 saturated carbocycles. The maximum Gasteiger partial charge on any atom is 0.338 e. The summed E-state index contributed by atoms with van der Waals surface area (Å²) in [4.78, 5) is 25.0. The molecule has 0 saturated heterocycles. The molecule has 1 aliphatic carbocycles. The molecular weight excluding hydrogens is 488 g/mol. The van der Waals surface area contributed by atoms with Gasteiger partial charge in [0.2, 0.25) is 0 Å². The van der Waals surface area contributed by atoms with E-state index in [1.54, 1.807) is 36.4 Å². The fourth-order valence-electron chi connectivity index (χ4n) is 5.17. The Bertz CT molecular complexity index is 1080. The van der Waals surface area contributed by atoms with Gasteiger partial charge in [-0.15, -0.1) is 6.58 Å². The molecule has 3 rings (SSSR count). The number of carbonyl (C=O) groups is 2. The summed E-state index contributed by atoms with van der Waals surface area (Å²) in [7, 11) is 0. The minimum Gasteiger partial charge on any atom is -0.462 e. The summed E-state index contributed by atoms with van der Waals surface area (Å²) in [5, 5.41) is 0. The van der Waals surface area contributed by atoms with Gasteiger partial charge in [0, 0.05) is 23.4 Å².